The molecule has 0 saturated carbocycles. The summed E-state index contributed by atoms with van der Waals surface area (Å²) in [6.45, 7) is 0.480. The van der Waals surface area contributed by atoms with E-state index in [2.05, 4.69) is 21.0 Å². The van der Waals surface area contributed by atoms with Crippen molar-refractivity contribution in [2.24, 2.45) is 0 Å². The number of rotatable bonds is 2. The van der Waals surface area contributed by atoms with Gasteiger partial charge in [-0.25, -0.2) is 4.39 Å². The molecule has 1 aromatic carbocycles. The van der Waals surface area contributed by atoms with Gasteiger partial charge in [-0.3, -0.25) is 4.68 Å². The van der Waals surface area contributed by atoms with Crippen molar-refractivity contribution in [1.29, 1.82) is 5.26 Å². The van der Waals surface area contributed by atoms with E-state index in [0.717, 1.165) is 5.56 Å². The van der Waals surface area contributed by atoms with Crippen LogP contribution in [0.4, 0.5) is 4.39 Å². The molecule has 5 heteroatoms. The molecule has 0 amide bonds. The number of nitrogens with zero attached hydrogens (tertiary/aromatic N) is 3. The molecule has 0 fully saturated rings. The summed E-state index contributed by atoms with van der Waals surface area (Å²) < 4.78 is 15.6. The van der Waals surface area contributed by atoms with Crippen LogP contribution in [0.2, 0.25) is 0 Å². The molecule has 0 aliphatic heterocycles. The fourth-order valence-electron chi connectivity index (χ4n) is 1.40. The van der Waals surface area contributed by atoms with Crippen LogP contribution < -0.4 is 0 Å². The van der Waals surface area contributed by atoms with Gasteiger partial charge in [-0.1, -0.05) is 0 Å². The van der Waals surface area contributed by atoms with Gasteiger partial charge < -0.3 is 0 Å². The largest absolute Gasteiger partial charge is 0.268 e. The summed E-state index contributed by atoms with van der Waals surface area (Å²) in [4.78, 5) is 0. The number of aromatic nitrogens is 2. The molecule has 80 valence electrons. The number of halogens is 2. The molecule has 0 unspecified atom stereocenters. The van der Waals surface area contributed by atoms with Crippen molar-refractivity contribution in [3.8, 4) is 6.07 Å². The molecule has 3 nitrogen and oxygen atoms in total. The summed E-state index contributed by atoms with van der Waals surface area (Å²) in [7, 11) is 0. The van der Waals surface area contributed by atoms with Crippen LogP contribution in [0.1, 0.15) is 11.1 Å². The van der Waals surface area contributed by atoms with Crippen LogP contribution in [0.3, 0.4) is 0 Å². The Bertz CT molecular complexity index is 520. The third-order valence-corrected chi connectivity index (χ3v) is 2.74. The molecule has 0 bridgehead atoms. The van der Waals surface area contributed by atoms with E-state index in [4.69, 9.17) is 5.26 Å². The Morgan fingerprint density at radius 2 is 2.31 bits per heavy atom. The Hall–Kier alpha value is -1.67. The average molecular weight is 280 g/mol. The van der Waals surface area contributed by atoms with Gasteiger partial charge in [-0.05, 0) is 39.7 Å². The normalized spacial score (nSPS) is 10.1. The van der Waals surface area contributed by atoms with Crippen LogP contribution >= 0.6 is 15.9 Å². The quantitative estimate of drug-likeness (QED) is 0.848. The summed E-state index contributed by atoms with van der Waals surface area (Å²) >= 11 is 3.17. The highest BCUT2D eigenvalue weighted by Gasteiger charge is 2.08. The van der Waals surface area contributed by atoms with E-state index < -0.39 is 5.82 Å². The molecule has 1 heterocycles. The zero-order valence-corrected chi connectivity index (χ0v) is 9.78. The van der Waals surface area contributed by atoms with E-state index in [1.54, 1.807) is 35.3 Å². The zero-order chi connectivity index (χ0) is 11.5. The van der Waals surface area contributed by atoms with Crippen molar-refractivity contribution in [2.45, 2.75) is 6.54 Å². The number of benzene rings is 1. The second-order valence-electron chi connectivity index (χ2n) is 3.25. The van der Waals surface area contributed by atoms with E-state index in [-0.39, 0.29) is 5.56 Å². The van der Waals surface area contributed by atoms with E-state index in [1.807, 2.05) is 0 Å². The summed E-state index contributed by atoms with van der Waals surface area (Å²) in [6, 6.07) is 6.68. The first-order chi connectivity index (χ1) is 7.70. The molecule has 0 aliphatic carbocycles. The van der Waals surface area contributed by atoms with Gasteiger partial charge in [-0.15, -0.1) is 0 Å². The van der Waals surface area contributed by atoms with Crippen LogP contribution in [-0.2, 0) is 6.54 Å². The molecule has 2 rings (SSSR count). The maximum atomic E-state index is 13.5. The molecule has 0 N–H and O–H groups in total. The van der Waals surface area contributed by atoms with Gasteiger partial charge >= 0.3 is 0 Å². The van der Waals surface area contributed by atoms with Gasteiger partial charge in [0.1, 0.15) is 17.4 Å². The van der Waals surface area contributed by atoms with Gasteiger partial charge in [0, 0.05) is 16.9 Å². The predicted octanol–water partition coefficient (Wildman–Crippen LogP) is 2.70. The minimum absolute atomic E-state index is 0.0317. The minimum atomic E-state index is -0.515. The Kier molecular flexibility index (Phi) is 3.02. The molecule has 0 saturated heterocycles. The lowest BCUT2D eigenvalue weighted by atomic mass is 10.1. The smallest absolute Gasteiger partial charge is 0.142 e. The predicted molar refractivity (Wildman–Crippen MR) is 60.1 cm³/mol. The average Bonchev–Trinajstić information content (AvgIpc) is 2.70. The van der Waals surface area contributed by atoms with Gasteiger partial charge in [0.25, 0.3) is 0 Å². The van der Waals surface area contributed by atoms with Gasteiger partial charge in [0.15, 0.2) is 0 Å². The van der Waals surface area contributed by atoms with Crippen LogP contribution in [-0.4, -0.2) is 9.78 Å². The fourth-order valence-corrected chi connectivity index (χ4v) is 1.98. The molecule has 0 atom stereocenters. The molecular formula is C11H7BrFN3. The maximum Gasteiger partial charge on any atom is 0.142 e. The molecule has 1 aromatic heterocycles. The standard InChI is InChI=1S/C11H7BrFN3/c12-10-4-8(5-11(13)9(10)6-14)7-16-3-1-2-15-16/h1-5H,7H2. The van der Waals surface area contributed by atoms with E-state index in [0.29, 0.717) is 11.0 Å². The molecule has 0 aliphatic rings. The molecular weight excluding hydrogens is 273 g/mol. The van der Waals surface area contributed by atoms with Gasteiger partial charge in [0.2, 0.25) is 0 Å². The van der Waals surface area contributed by atoms with Crippen LogP contribution in [0, 0.1) is 17.1 Å². The highest BCUT2D eigenvalue weighted by molar-refractivity contribution is 9.10. The Labute approximate surface area is 100 Å². The Balaban J connectivity index is 2.34. The highest BCUT2D eigenvalue weighted by Crippen LogP contribution is 2.21. The second kappa shape index (κ2) is 4.45. The summed E-state index contributed by atoms with van der Waals surface area (Å²) in [5, 5.41) is 12.7. The molecule has 2 aromatic rings. The third kappa shape index (κ3) is 2.12. The van der Waals surface area contributed by atoms with Crippen molar-refractivity contribution >= 4 is 15.9 Å². The summed E-state index contributed by atoms with van der Waals surface area (Å²) in [6.07, 6.45) is 3.46. The molecule has 0 radical (unpaired) electrons. The maximum absolute atomic E-state index is 13.5. The lowest BCUT2D eigenvalue weighted by Gasteiger charge is -2.04. The lowest BCUT2D eigenvalue weighted by molar-refractivity contribution is 0.614. The first kappa shape index (κ1) is 10.8. The first-order valence-corrected chi connectivity index (χ1v) is 5.35. The summed E-state index contributed by atoms with van der Waals surface area (Å²) in [5.74, 6) is -0.515. The first-order valence-electron chi connectivity index (χ1n) is 4.56. The molecule has 0 spiro atoms. The van der Waals surface area contributed by atoms with Crippen LogP contribution in [0.15, 0.2) is 35.1 Å². The lowest BCUT2D eigenvalue weighted by Crippen LogP contribution is -2.01. The topological polar surface area (TPSA) is 41.6 Å². The van der Waals surface area contributed by atoms with Crippen molar-refractivity contribution in [3.63, 3.8) is 0 Å². The molecule has 16 heavy (non-hydrogen) atoms. The zero-order valence-electron chi connectivity index (χ0n) is 8.19. The van der Waals surface area contributed by atoms with E-state index in [1.165, 1.54) is 6.07 Å². The SMILES string of the molecule is N#Cc1c(F)cc(Cn2cccn2)cc1Br. The van der Waals surface area contributed by atoms with Crippen molar-refractivity contribution in [2.75, 3.05) is 0 Å². The van der Waals surface area contributed by atoms with Crippen molar-refractivity contribution in [3.05, 3.63) is 52.0 Å². The second-order valence-corrected chi connectivity index (χ2v) is 4.10. The minimum Gasteiger partial charge on any atom is -0.268 e. The van der Waals surface area contributed by atoms with E-state index in [9.17, 15) is 4.39 Å². The monoisotopic (exact) mass is 279 g/mol. The number of hydrogen-bond acceptors (Lipinski definition) is 2. The number of nitriles is 1. The van der Waals surface area contributed by atoms with Gasteiger partial charge in [-0.2, -0.15) is 10.4 Å². The Morgan fingerprint density at radius 3 is 2.88 bits per heavy atom. The number of hydrogen-bond donors (Lipinski definition) is 0. The van der Waals surface area contributed by atoms with Crippen LogP contribution in [0.25, 0.3) is 0 Å². The van der Waals surface area contributed by atoms with E-state index >= 15 is 0 Å². The van der Waals surface area contributed by atoms with Crippen molar-refractivity contribution < 1.29 is 4.39 Å². The van der Waals surface area contributed by atoms with Gasteiger partial charge in [0.05, 0.1) is 6.54 Å². The Morgan fingerprint density at radius 1 is 1.50 bits per heavy atom. The fraction of sp³-hybridized carbons (Fsp3) is 0.0909. The highest BCUT2D eigenvalue weighted by atomic mass is 79.9. The van der Waals surface area contributed by atoms with Crippen LogP contribution in [0.5, 0.6) is 0 Å². The third-order valence-electron chi connectivity index (χ3n) is 2.12. The van der Waals surface area contributed by atoms with Crippen molar-refractivity contribution in [1.82, 2.24) is 9.78 Å². The summed E-state index contributed by atoms with van der Waals surface area (Å²) in [5.41, 5.74) is 0.788.